The molecule has 1 aromatic carbocycles. The summed E-state index contributed by atoms with van der Waals surface area (Å²) in [5.41, 5.74) is 5.02. The Morgan fingerprint density at radius 2 is 2.19 bits per heavy atom. The van der Waals surface area contributed by atoms with Crippen molar-refractivity contribution in [3.63, 3.8) is 0 Å². The maximum absolute atomic E-state index is 9.26. The fraction of sp³-hybridized carbons (Fsp3) is 0.684. The molecule has 1 saturated heterocycles. The highest BCUT2D eigenvalue weighted by molar-refractivity contribution is 5.43. The van der Waals surface area contributed by atoms with E-state index in [9.17, 15) is 5.11 Å². The van der Waals surface area contributed by atoms with Gasteiger partial charge in [-0.05, 0) is 68.3 Å². The maximum atomic E-state index is 9.26. The first-order valence-corrected chi connectivity index (χ1v) is 8.68. The maximum Gasteiger partial charge on any atom is 0.0471 e. The molecule has 0 aromatic heterocycles. The highest BCUT2D eigenvalue weighted by atomic mass is 16.2. The molecule has 0 amide bonds. The summed E-state index contributed by atoms with van der Waals surface area (Å²) < 4.78 is 0. The van der Waals surface area contributed by atoms with Crippen molar-refractivity contribution in [1.82, 2.24) is 4.90 Å². The number of fused-ring (bicyclic) bond motifs is 1. The third kappa shape index (κ3) is 1.99. The Bertz CT molecular complexity index is 540. The third-order valence-corrected chi connectivity index (χ3v) is 6.58. The molecule has 0 spiro atoms. The summed E-state index contributed by atoms with van der Waals surface area (Å²) in [6.45, 7) is 1.52. The molecule has 0 unspecified atom stereocenters. The van der Waals surface area contributed by atoms with Gasteiger partial charge in [0, 0.05) is 18.1 Å². The topological polar surface area (TPSA) is 23.5 Å². The zero-order valence-corrected chi connectivity index (χ0v) is 13.1. The average molecular weight is 285 g/mol. The molecule has 114 valence electrons. The van der Waals surface area contributed by atoms with E-state index >= 15 is 0 Å². The van der Waals surface area contributed by atoms with Crippen LogP contribution in [0.5, 0.6) is 0 Å². The van der Waals surface area contributed by atoms with E-state index in [1.165, 1.54) is 50.6 Å². The van der Waals surface area contributed by atoms with Crippen LogP contribution >= 0.6 is 0 Å². The second-order valence-electron chi connectivity index (χ2n) is 7.48. The average Bonchev–Trinajstić information content (AvgIpc) is 2.52. The van der Waals surface area contributed by atoms with Gasteiger partial charge in [-0.2, -0.15) is 0 Å². The molecule has 1 N–H and O–H groups in total. The summed E-state index contributed by atoms with van der Waals surface area (Å²) in [7, 11) is 2.33. The first-order chi connectivity index (χ1) is 10.2. The smallest absolute Gasteiger partial charge is 0.0471 e. The quantitative estimate of drug-likeness (QED) is 0.903. The van der Waals surface area contributed by atoms with Crippen LogP contribution in [0.3, 0.4) is 0 Å². The van der Waals surface area contributed by atoms with Gasteiger partial charge in [-0.1, -0.05) is 31.0 Å². The Labute approximate surface area is 128 Å². The van der Waals surface area contributed by atoms with Crippen LogP contribution in [0.2, 0.25) is 0 Å². The largest absolute Gasteiger partial charge is 0.396 e. The van der Waals surface area contributed by atoms with Crippen molar-refractivity contribution in [1.29, 1.82) is 0 Å². The highest BCUT2D eigenvalue weighted by Crippen LogP contribution is 2.55. The summed E-state index contributed by atoms with van der Waals surface area (Å²) in [5.74, 6) is 0.863. The lowest BCUT2D eigenvalue weighted by Crippen LogP contribution is -2.59. The SMILES string of the molecule is CN1CC[C@]23CCCC[C@H]2[C@H]1Cc1ccc(CCO)cc13. The van der Waals surface area contributed by atoms with E-state index in [1.807, 2.05) is 0 Å². The molecule has 2 aliphatic carbocycles. The first-order valence-electron chi connectivity index (χ1n) is 8.68. The fourth-order valence-electron chi connectivity index (χ4n) is 5.53. The van der Waals surface area contributed by atoms with E-state index in [0.29, 0.717) is 5.41 Å². The number of aliphatic hydroxyl groups excluding tert-OH is 1. The Morgan fingerprint density at radius 1 is 1.29 bits per heavy atom. The van der Waals surface area contributed by atoms with Crippen LogP contribution in [0.1, 0.15) is 48.8 Å². The molecule has 3 aliphatic rings. The standard InChI is InChI=1S/C19H27NO/c1-20-10-9-19-8-3-2-4-16(19)18(20)13-15-6-5-14(7-11-21)12-17(15)19/h5-6,12,16,18,21H,2-4,7-11,13H2,1H3/t16-,18+,19+/m0/s1. The minimum atomic E-state index is 0.264. The Kier molecular flexibility index (Phi) is 3.35. The molecule has 3 atom stereocenters. The van der Waals surface area contributed by atoms with Gasteiger partial charge < -0.3 is 10.0 Å². The molecule has 1 heterocycles. The van der Waals surface area contributed by atoms with Gasteiger partial charge in [-0.15, -0.1) is 0 Å². The Hall–Kier alpha value is -0.860. The van der Waals surface area contributed by atoms with Gasteiger partial charge >= 0.3 is 0 Å². The lowest BCUT2D eigenvalue weighted by atomic mass is 9.52. The molecule has 2 heteroatoms. The predicted molar refractivity (Wildman–Crippen MR) is 85.6 cm³/mol. The van der Waals surface area contributed by atoms with Crippen molar-refractivity contribution in [2.75, 3.05) is 20.2 Å². The van der Waals surface area contributed by atoms with Crippen molar-refractivity contribution >= 4 is 0 Å². The van der Waals surface area contributed by atoms with Crippen LogP contribution in [-0.2, 0) is 18.3 Å². The summed E-state index contributed by atoms with van der Waals surface area (Å²) in [4.78, 5) is 2.62. The summed E-state index contributed by atoms with van der Waals surface area (Å²) in [5, 5.41) is 9.26. The zero-order chi connectivity index (χ0) is 14.4. The number of hydrogen-bond acceptors (Lipinski definition) is 2. The van der Waals surface area contributed by atoms with Crippen LogP contribution in [0, 0.1) is 5.92 Å². The van der Waals surface area contributed by atoms with E-state index in [1.54, 1.807) is 11.1 Å². The van der Waals surface area contributed by atoms with Crippen LogP contribution in [0.25, 0.3) is 0 Å². The molecule has 2 fully saturated rings. The van der Waals surface area contributed by atoms with Gasteiger partial charge in [0.05, 0.1) is 0 Å². The molecule has 1 aliphatic heterocycles. The van der Waals surface area contributed by atoms with Crippen molar-refractivity contribution in [3.05, 3.63) is 34.9 Å². The molecule has 21 heavy (non-hydrogen) atoms. The zero-order valence-electron chi connectivity index (χ0n) is 13.1. The van der Waals surface area contributed by atoms with Gasteiger partial charge in [-0.3, -0.25) is 0 Å². The van der Waals surface area contributed by atoms with Crippen molar-refractivity contribution in [2.45, 2.75) is 56.4 Å². The van der Waals surface area contributed by atoms with Gasteiger partial charge in [0.2, 0.25) is 0 Å². The van der Waals surface area contributed by atoms with E-state index < -0.39 is 0 Å². The fourth-order valence-corrected chi connectivity index (χ4v) is 5.53. The van der Waals surface area contributed by atoms with Crippen LogP contribution in [0.4, 0.5) is 0 Å². The number of likely N-dealkylation sites (N-methyl/N-ethyl adjacent to an activating group) is 1. The summed E-state index contributed by atoms with van der Waals surface area (Å²) >= 11 is 0. The lowest BCUT2D eigenvalue weighted by molar-refractivity contribution is 0.00281. The molecule has 0 radical (unpaired) electrons. The number of rotatable bonds is 2. The summed E-state index contributed by atoms with van der Waals surface area (Å²) in [6, 6.07) is 7.81. The van der Waals surface area contributed by atoms with E-state index in [2.05, 4.69) is 30.1 Å². The van der Waals surface area contributed by atoms with Crippen LogP contribution < -0.4 is 0 Å². The lowest BCUT2D eigenvalue weighted by Gasteiger charge is -2.58. The van der Waals surface area contributed by atoms with Gasteiger partial charge in [0.25, 0.3) is 0 Å². The Balaban J connectivity index is 1.83. The number of piperidine rings is 1. The van der Waals surface area contributed by atoms with Crippen LogP contribution in [0.15, 0.2) is 18.2 Å². The minimum Gasteiger partial charge on any atom is -0.396 e. The number of hydrogen-bond donors (Lipinski definition) is 1. The Morgan fingerprint density at radius 3 is 3.05 bits per heavy atom. The van der Waals surface area contributed by atoms with E-state index in [4.69, 9.17) is 0 Å². The normalized spacial score (nSPS) is 35.1. The highest BCUT2D eigenvalue weighted by Gasteiger charge is 2.52. The van der Waals surface area contributed by atoms with Crippen molar-refractivity contribution < 1.29 is 5.11 Å². The molecular formula is C19H27NO. The van der Waals surface area contributed by atoms with Crippen molar-refractivity contribution in [3.8, 4) is 0 Å². The second-order valence-corrected chi connectivity index (χ2v) is 7.48. The number of likely N-dealkylation sites (tertiary alicyclic amines) is 1. The first kappa shape index (κ1) is 13.8. The van der Waals surface area contributed by atoms with E-state index in [0.717, 1.165) is 18.4 Å². The number of aliphatic hydroxyl groups is 1. The van der Waals surface area contributed by atoms with Gasteiger partial charge in [0.15, 0.2) is 0 Å². The van der Waals surface area contributed by atoms with Crippen LogP contribution in [-0.4, -0.2) is 36.2 Å². The predicted octanol–water partition coefficient (Wildman–Crippen LogP) is 2.91. The monoisotopic (exact) mass is 285 g/mol. The molecule has 1 saturated carbocycles. The molecule has 4 rings (SSSR count). The summed E-state index contributed by atoms with van der Waals surface area (Å²) in [6.07, 6.45) is 8.99. The second kappa shape index (κ2) is 5.10. The molecule has 2 nitrogen and oxygen atoms in total. The van der Waals surface area contributed by atoms with Gasteiger partial charge in [-0.25, -0.2) is 0 Å². The van der Waals surface area contributed by atoms with E-state index in [-0.39, 0.29) is 6.61 Å². The third-order valence-electron chi connectivity index (χ3n) is 6.58. The minimum absolute atomic E-state index is 0.264. The van der Waals surface area contributed by atoms with Gasteiger partial charge in [0.1, 0.15) is 0 Å². The molecule has 2 bridgehead atoms. The number of nitrogens with zero attached hydrogens (tertiary/aromatic N) is 1. The number of benzene rings is 1. The molecular weight excluding hydrogens is 258 g/mol. The van der Waals surface area contributed by atoms with Crippen molar-refractivity contribution in [2.24, 2.45) is 5.92 Å². The molecule has 1 aromatic rings.